The average Bonchev–Trinajstić information content (AvgIpc) is 2.62. The first-order chi connectivity index (χ1) is 7.70. The first-order valence-electron chi connectivity index (χ1n) is 5.76. The van der Waals surface area contributed by atoms with Crippen molar-refractivity contribution in [1.82, 2.24) is 25.5 Å². The van der Waals surface area contributed by atoms with Gasteiger partial charge in [-0.1, -0.05) is 25.6 Å². The van der Waals surface area contributed by atoms with Crippen molar-refractivity contribution in [2.24, 2.45) is 13.0 Å². The normalized spacial score (nSPS) is 11.2. The Kier molecular flexibility index (Phi) is 6.40. The van der Waals surface area contributed by atoms with E-state index in [0.29, 0.717) is 0 Å². The van der Waals surface area contributed by atoms with Gasteiger partial charge in [0.1, 0.15) is 0 Å². The summed E-state index contributed by atoms with van der Waals surface area (Å²) in [6.45, 7) is 6.64. The van der Waals surface area contributed by atoms with Crippen molar-refractivity contribution in [2.75, 3.05) is 18.8 Å². The molecule has 0 unspecified atom stereocenters. The van der Waals surface area contributed by atoms with Gasteiger partial charge in [0.05, 0.1) is 0 Å². The van der Waals surface area contributed by atoms with Crippen LogP contribution in [0.1, 0.15) is 26.7 Å². The van der Waals surface area contributed by atoms with Crippen LogP contribution in [-0.2, 0) is 7.05 Å². The highest BCUT2D eigenvalue weighted by Crippen LogP contribution is 2.10. The van der Waals surface area contributed by atoms with E-state index in [4.69, 9.17) is 0 Å². The maximum Gasteiger partial charge on any atom is 0.209 e. The second-order valence-corrected chi connectivity index (χ2v) is 5.28. The quantitative estimate of drug-likeness (QED) is 0.551. The Hall–Kier alpha value is -0.620. The second kappa shape index (κ2) is 7.62. The summed E-state index contributed by atoms with van der Waals surface area (Å²) >= 11 is 1.68. The monoisotopic (exact) mass is 243 g/mol. The van der Waals surface area contributed by atoms with Crippen molar-refractivity contribution in [3.63, 3.8) is 0 Å². The Morgan fingerprint density at radius 1 is 1.38 bits per heavy atom. The Morgan fingerprint density at radius 3 is 2.81 bits per heavy atom. The van der Waals surface area contributed by atoms with Crippen molar-refractivity contribution < 1.29 is 0 Å². The number of rotatable bonds is 8. The number of tetrazole rings is 1. The molecule has 1 rings (SSSR count). The zero-order valence-corrected chi connectivity index (χ0v) is 11.1. The molecule has 0 bridgehead atoms. The van der Waals surface area contributed by atoms with E-state index in [1.807, 2.05) is 7.05 Å². The standard InChI is InChI=1S/C10H21N5S/c1-9(2)5-4-6-11-7-8-16-10-12-13-14-15(10)3/h9,11H,4-8H2,1-3H3. The van der Waals surface area contributed by atoms with Crippen LogP contribution in [0.3, 0.4) is 0 Å². The van der Waals surface area contributed by atoms with Crippen LogP contribution in [0.2, 0.25) is 0 Å². The van der Waals surface area contributed by atoms with Crippen molar-refractivity contribution in [3.05, 3.63) is 0 Å². The van der Waals surface area contributed by atoms with Crippen molar-refractivity contribution in [2.45, 2.75) is 31.8 Å². The molecule has 0 saturated heterocycles. The van der Waals surface area contributed by atoms with E-state index in [2.05, 4.69) is 34.7 Å². The van der Waals surface area contributed by atoms with Crippen LogP contribution >= 0.6 is 11.8 Å². The van der Waals surface area contributed by atoms with Gasteiger partial charge in [0, 0.05) is 19.3 Å². The Labute approximate surface area is 101 Å². The third-order valence-electron chi connectivity index (χ3n) is 2.23. The molecule has 92 valence electrons. The van der Waals surface area contributed by atoms with Crippen molar-refractivity contribution in [1.29, 1.82) is 0 Å². The SMILES string of the molecule is CC(C)CCCNCCSc1nnnn1C. The summed E-state index contributed by atoms with van der Waals surface area (Å²) in [6.07, 6.45) is 2.56. The van der Waals surface area contributed by atoms with E-state index in [-0.39, 0.29) is 0 Å². The summed E-state index contributed by atoms with van der Waals surface area (Å²) in [5.74, 6) is 1.82. The van der Waals surface area contributed by atoms with E-state index in [9.17, 15) is 0 Å². The topological polar surface area (TPSA) is 55.6 Å². The average molecular weight is 243 g/mol. The first kappa shape index (κ1) is 13.4. The molecule has 5 nitrogen and oxygen atoms in total. The van der Waals surface area contributed by atoms with Crippen molar-refractivity contribution >= 4 is 11.8 Å². The van der Waals surface area contributed by atoms with Gasteiger partial charge in [-0.25, -0.2) is 4.68 Å². The van der Waals surface area contributed by atoms with Crippen LogP contribution < -0.4 is 5.32 Å². The molecule has 0 radical (unpaired) electrons. The molecule has 0 aliphatic rings. The van der Waals surface area contributed by atoms with Crippen LogP contribution in [0, 0.1) is 5.92 Å². The molecule has 1 aromatic rings. The summed E-state index contributed by atoms with van der Waals surface area (Å²) in [4.78, 5) is 0. The van der Waals surface area contributed by atoms with Gasteiger partial charge < -0.3 is 5.32 Å². The molecule has 0 amide bonds. The summed E-state index contributed by atoms with van der Waals surface area (Å²) in [7, 11) is 1.86. The van der Waals surface area contributed by atoms with Gasteiger partial charge in [-0.3, -0.25) is 0 Å². The van der Waals surface area contributed by atoms with E-state index in [1.54, 1.807) is 16.4 Å². The largest absolute Gasteiger partial charge is 0.316 e. The minimum atomic E-state index is 0.806. The fraction of sp³-hybridized carbons (Fsp3) is 0.900. The Balaban J connectivity index is 1.94. The number of thioether (sulfide) groups is 1. The van der Waals surface area contributed by atoms with Gasteiger partial charge in [0.2, 0.25) is 5.16 Å². The Morgan fingerprint density at radius 2 is 2.19 bits per heavy atom. The lowest BCUT2D eigenvalue weighted by molar-refractivity contribution is 0.534. The third kappa shape index (κ3) is 5.46. The summed E-state index contributed by atoms with van der Waals surface area (Å²) in [5.41, 5.74) is 0. The summed E-state index contributed by atoms with van der Waals surface area (Å²) in [6, 6.07) is 0. The molecule has 1 aromatic heterocycles. The number of nitrogens with one attached hydrogen (secondary N) is 1. The van der Waals surface area contributed by atoms with Gasteiger partial charge in [-0.05, 0) is 35.7 Å². The summed E-state index contributed by atoms with van der Waals surface area (Å²) in [5, 5.41) is 15.6. The Bertz CT molecular complexity index is 286. The number of nitrogens with zero attached hydrogens (tertiary/aromatic N) is 4. The number of aryl methyl sites for hydroxylation is 1. The molecule has 0 aliphatic carbocycles. The van der Waals surface area contributed by atoms with Crippen LogP contribution in [0.15, 0.2) is 5.16 Å². The van der Waals surface area contributed by atoms with Crippen LogP contribution in [-0.4, -0.2) is 39.0 Å². The number of hydrogen-bond acceptors (Lipinski definition) is 5. The first-order valence-corrected chi connectivity index (χ1v) is 6.74. The molecule has 0 aromatic carbocycles. The lowest BCUT2D eigenvalue weighted by atomic mass is 10.1. The molecule has 16 heavy (non-hydrogen) atoms. The molecule has 1 N–H and O–H groups in total. The van der Waals surface area contributed by atoms with Gasteiger partial charge >= 0.3 is 0 Å². The molecule has 0 spiro atoms. The zero-order chi connectivity index (χ0) is 11.8. The molecule has 0 aliphatic heterocycles. The van der Waals surface area contributed by atoms with Gasteiger partial charge in [-0.2, -0.15) is 0 Å². The number of aromatic nitrogens is 4. The minimum absolute atomic E-state index is 0.806. The fourth-order valence-corrected chi connectivity index (χ4v) is 2.06. The van der Waals surface area contributed by atoms with E-state index in [1.165, 1.54) is 12.8 Å². The predicted molar refractivity (Wildman–Crippen MR) is 66.5 cm³/mol. The molecular weight excluding hydrogens is 222 g/mol. The molecule has 1 heterocycles. The second-order valence-electron chi connectivity index (χ2n) is 4.22. The molecular formula is C10H21N5S. The van der Waals surface area contributed by atoms with Gasteiger partial charge in [-0.15, -0.1) is 5.10 Å². The fourth-order valence-electron chi connectivity index (χ4n) is 1.32. The maximum atomic E-state index is 3.91. The predicted octanol–water partition coefficient (Wildman–Crippen LogP) is 1.33. The number of hydrogen-bond donors (Lipinski definition) is 1. The van der Waals surface area contributed by atoms with Crippen LogP contribution in [0.4, 0.5) is 0 Å². The maximum absolute atomic E-state index is 3.91. The minimum Gasteiger partial charge on any atom is -0.316 e. The highest BCUT2D eigenvalue weighted by atomic mass is 32.2. The van der Waals surface area contributed by atoms with E-state index in [0.717, 1.165) is 29.9 Å². The lowest BCUT2D eigenvalue weighted by Gasteiger charge is -2.05. The van der Waals surface area contributed by atoms with E-state index >= 15 is 0 Å². The van der Waals surface area contributed by atoms with Gasteiger partial charge in [0.15, 0.2) is 0 Å². The van der Waals surface area contributed by atoms with Crippen LogP contribution in [0.25, 0.3) is 0 Å². The molecule has 0 fully saturated rings. The molecule has 0 atom stereocenters. The smallest absolute Gasteiger partial charge is 0.209 e. The summed E-state index contributed by atoms with van der Waals surface area (Å²) < 4.78 is 1.70. The van der Waals surface area contributed by atoms with Crippen LogP contribution in [0.5, 0.6) is 0 Å². The highest BCUT2D eigenvalue weighted by molar-refractivity contribution is 7.99. The van der Waals surface area contributed by atoms with Gasteiger partial charge in [0.25, 0.3) is 0 Å². The molecule has 0 saturated carbocycles. The highest BCUT2D eigenvalue weighted by Gasteiger charge is 2.01. The lowest BCUT2D eigenvalue weighted by Crippen LogP contribution is -2.19. The zero-order valence-electron chi connectivity index (χ0n) is 10.3. The molecule has 6 heteroatoms. The van der Waals surface area contributed by atoms with E-state index < -0.39 is 0 Å². The third-order valence-corrected chi connectivity index (χ3v) is 3.24. The van der Waals surface area contributed by atoms with Crippen molar-refractivity contribution in [3.8, 4) is 0 Å².